The monoisotopic (exact) mass is 660 g/mol. The third kappa shape index (κ3) is 4.79. The van der Waals surface area contributed by atoms with Gasteiger partial charge in [0.1, 0.15) is 0 Å². The van der Waals surface area contributed by atoms with Crippen LogP contribution in [0.25, 0.3) is 93.0 Å². The molecule has 50 heavy (non-hydrogen) atoms. The molecule has 0 aliphatic heterocycles. The van der Waals surface area contributed by atoms with Crippen molar-refractivity contribution < 1.29 is 5.48 Å². The summed E-state index contributed by atoms with van der Waals surface area (Å²) >= 11 is 1.72. The Labute approximate surface area is 298 Å². The number of para-hydroxylation sites is 1. The Balaban J connectivity index is 1.23. The van der Waals surface area contributed by atoms with Gasteiger partial charge in [0, 0.05) is 42.1 Å². The number of aromatic nitrogens is 4. The van der Waals surface area contributed by atoms with E-state index in [4.69, 9.17) is 19.1 Å². The molecule has 0 radical (unpaired) electrons. The zero-order chi connectivity index (χ0) is 36.5. The number of hydrogen-bond donors (Lipinski definition) is 0. The smallest absolute Gasteiger partial charge is 0.238 e. The molecule has 5 heteroatoms. The van der Waals surface area contributed by atoms with Crippen molar-refractivity contribution in [1.82, 2.24) is 19.5 Å². The molecule has 0 bridgehead atoms. The first-order valence-corrected chi connectivity index (χ1v) is 17.2. The van der Waals surface area contributed by atoms with Crippen molar-refractivity contribution in [1.29, 1.82) is 0 Å². The Bertz CT molecular complexity index is 3100. The van der Waals surface area contributed by atoms with Crippen LogP contribution in [-0.2, 0) is 0 Å². The average Bonchev–Trinajstić information content (AvgIpc) is 3.78. The van der Waals surface area contributed by atoms with Crippen LogP contribution in [0.4, 0.5) is 0 Å². The number of benzene rings is 7. The van der Waals surface area contributed by atoms with Crippen molar-refractivity contribution in [2.75, 3.05) is 0 Å². The molecule has 0 atom stereocenters. The van der Waals surface area contributed by atoms with E-state index in [1.807, 2.05) is 84.9 Å². The molecule has 3 aromatic heterocycles. The highest BCUT2D eigenvalue weighted by Crippen LogP contribution is 2.38. The lowest BCUT2D eigenvalue weighted by molar-refractivity contribution is 0.954. The highest BCUT2D eigenvalue weighted by Gasteiger charge is 2.19. The highest BCUT2D eigenvalue weighted by molar-refractivity contribution is 7.25. The van der Waals surface area contributed by atoms with E-state index in [1.54, 1.807) is 15.9 Å². The first-order valence-electron chi connectivity index (χ1n) is 18.4. The minimum absolute atomic E-state index is 0.113. The van der Waals surface area contributed by atoms with E-state index in [9.17, 15) is 1.37 Å². The van der Waals surface area contributed by atoms with Crippen molar-refractivity contribution in [3.63, 3.8) is 0 Å². The van der Waals surface area contributed by atoms with E-state index >= 15 is 0 Å². The molecule has 0 unspecified atom stereocenters. The van der Waals surface area contributed by atoms with Crippen molar-refractivity contribution >= 4 is 53.3 Å². The second-order valence-corrected chi connectivity index (χ2v) is 13.3. The zero-order valence-corrected chi connectivity index (χ0v) is 27.4. The molecule has 0 aliphatic carbocycles. The molecule has 10 rings (SSSR count). The Morgan fingerprint density at radius 2 is 1.06 bits per heavy atom. The molecule has 3 heterocycles. The molecule has 0 N–H and O–H groups in total. The van der Waals surface area contributed by atoms with Crippen LogP contribution in [0.1, 0.15) is 5.48 Å². The minimum Gasteiger partial charge on any atom is -0.278 e. The predicted octanol–water partition coefficient (Wildman–Crippen LogP) is 12.0. The zero-order valence-electron chi connectivity index (χ0n) is 30.6. The van der Waals surface area contributed by atoms with E-state index in [-0.39, 0.29) is 30.1 Å². The summed E-state index contributed by atoms with van der Waals surface area (Å²) in [4.78, 5) is 15.1. The largest absolute Gasteiger partial charge is 0.278 e. The normalized spacial score (nSPS) is 12.7. The van der Waals surface area contributed by atoms with Crippen molar-refractivity contribution in [2.24, 2.45) is 0 Å². The predicted molar refractivity (Wildman–Crippen MR) is 209 cm³/mol. The fourth-order valence-electron chi connectivity index (χ4n) is 6.79. The second kappa shape index (κ2) is 11.6. The molecule has 0 saturated heterocycles. The van der Waals surface area contributed by atoms with Gasteiger partial charge in [-0.15, -0.1) is 11.3 Å². The maximum atomic E-state index is 9.19. The van der Waals surface area contributed by atoms with Gasteiger partial charge in [-0.25, -0.2) is 4.98 Å². The lowest BCUT2D eigenvalue weighted by atomic mass is 9.98. The van der Waals surface area contributed by atoms with E-state index in [0.717, 1.165) is 38.1 Å². The summed E-state index contributed by atoms with van der Waals surface area (Å²) in [6.45, 7) is 0. The van der Waals surface area contributed by atoms with Gasteiger partial charge in [0.15, 0.2) is 11.6 Å². The summed E-state index contributed by atoms with van der Waals surface area (Å²) in [7, 11) is 0. The first kappa shape index (κ1) is 24.7. The molecule has 4 nitrogen and oxygen atoms in total. The topological polar surface area (TPSA) is 43.6 Å². The van der Waals surface area contributed by atoms with E-state index in [2.05, 4.69) is 60.7 Å². The van der Waals surface area contributed by atoms with Crippen LogP contribution < -0.4 is 0 Å². The Morgan fingerprint density at radius 1 is 0.420 bits per heavy atom. The molecule has 10 aromatic rings. The van der Waals surface area contributed by atoms with E-state index in [1.165, 1.54) is 15.5 Å². The summed E-state index contributed by atoms with van der Waals surface area (Å²) in [5.74, 6) is 1.18. The second-order valence-electron chi connectivity index (χ2n) is 12.2. The molecule has 0 amide bonds. The van der Waals surface area contributed by atoms with Crippen LogP contribution in [0.2, 0.25) is 0 Å². The summed E-state index contributed by atoms with van der Waals surface area (Å²) in [5.41, 5.74) is 6.69. The lowest BCUT2D eigenvalue weighted by Gasteiger charge is -2.11. The van der Waals surface area contributed by atoms with Crippen LogP contribution in [0, 0.1) is 0 Å². The third-order valence-electron chi connectivity index (χ3n) is 9.19. The molecule has 0 saturated carbocycles. The number of hydrogen-bond acceptors (Lipinski definition) is 4. The lowest BCUT2D eigenvalue weighted by Crippen LogP contribution is -2.06. The molecule has 234 valence electrons. The fourth-order valence-corrected chi connectivity index (χ4v) is 7.94. The van der Waals surface area contributed by atoms with Crippen LogP contribution in [0.3, 0.4) is 0 Å². The van der Waals surface area contributed by atoms with Gasteiger partial charge in [-0.2, -0.15) is 9.97 Å². The standard InChI is InChI=1S/C45H28N4S/c1-3-12-29(13-4-1)31-16-11-17-32(26-31)33-23-25-40-38(27-33)35-18-7-9-20-39(35)49(40)45-47-43(30-14-5-2-6-15-30)46-44(48-45)34-22-24-37-36-19-8-10-21-41(36)50-42(37)28-34/h1-28H/i7D,9D,18D,20D. The van der Waals surface area contributed by atoms with Gasteiger partial charge in [0.25, 0.3) is 0 Å². The van der Waals surface area contributed by atoms with Crippen molar-refractivity contribution in [3.05, 3.63) is 170 Å². The Kier molecular flexibility index (Phi) is 5.73. The molecule has 0 fully saturated rings. The number of thiophene rings is 1. The first-order chi connectivity index (χ1) is 26.4. The number of fused-ring (bicyclic) bond motifs is 6. The van der Waals surface area contributed by atoms with Gasteiger partial charge in [-0.3, -0.25) is 4.57 Å². The summed E-state index contributed by atoms with van der Waals surface area (Å²) in [6, 6.07) is 48.0. The van der Waals surface area contributed by atoms with Crippen LogP contribution in [0.15, 0.2) is 170 Å². The number of rotatable bonds is 5. The summed E-state index contributed by atoms with van der Waals surface area (Å²) in [6.07, 6.45) is 0. The van der Waals surface area contributed by atoms with Crippen LogP contribution in [0.5, 0.6) is 0 Å². The highest BCUT2D eigenvalue weighted by atomic mass is 32.1. The van der Waals surface area contributed by atoms with E-state index in [0.29, 0.717) is 33.5 Å². The van der Waals surface area contributed by atoms with Crippen molar-refractivity contribution in [3.8, 4) is 51.0 Å². The molecular formula is C45H28N4S. The summed E-state index contributed by atoms with van der Waals surface area (Å²) in [5, 5.41) is 3.46. The van der Waals surface area contributed by atoms with Gasteiger partial charge < -0.3 is 0 Å². The summed E-state index contributed by atoms with van der Waals surface area (Å²) < 4.78 is 39.8. The third-order valence-corrected chi connectivity index (χ3v) is 10.3. The molecular weight excluding hydrogens is 629 g/mol. The maximum absolute atomic E-state index is 9.19. The Hall–Kier alpha value is -6.43. The van der Waals surface area contributed by atoms with Gasteiger partial charge in [0.2, 0.25) is 5.95 Å². The van der Waals surface area contributed by atoms with Gasteiger partial charge in [0.05, 0.1) is 16.5 Å². The van der Waals surface area contributed by atoms with Gasteiger partial charge >= 0.3 is 0 Å². The SMILES string of the molecule is [2H]c1c([2H])c([2H])c2c(c1[2H])c1cc(-c3cccc(-c4ccccc4)c3)ccc1n2-c1nc(-c2ccccc2)nc(-c2ccc3c(c2)sc2ccccc23)n1. The van der Waals surface area contributed by atoms with Crippen molar-refractivity contribution in [2.45, 2.75) is 0 Å². The maximum Gasteiger partial charge on any atom is 0.238 e. The van der Waals surface area contributed by atoms with Gasteiger partial charge in [-0.05, 0) is 58.6 Å². The minimum atomic E-state index is -0.319. The Morgan fingerprint density at radius 3 is 1.90 bits per heavy atom. The van der Waals surface area contributed by atoms with Crippen LogP contribution in [-0.4, -0.2) is 19.5 Å². The van der Waals surface area contributed by atoms with E-state index < -0.39 is 0 Å². The van der Waals surface area contributed by atoms with Crippen LogP contribution >= 0.6 is 11.3 Å². The fraction of sp³-hybridized carbons (Fsp3) is 0. The molecule has 7 aromatic carbocycles. The van der Waals surface area contributed by atoms with Gasteiger partial charge in [-0.1, -0.05) is 133 Å². The molecule has 0 aliphatic rings. The quantitative estimate of drug-likeness (QED) is 0.184. The molecule has 0 spiro atoms. The number of nitrogens with zero attached hydrogens (tertiary/aromatic N) is 4. The average molecular weight is 661 g/mol.